The molecule has 0 aliphatic carbocycles. The molecule has 1 aromatic carbocycles. The highest BCUT2D eigenvalue weighted by Gasteiger charge is 2.13. The second kappa shape index (κ2) is 10.6. The van der Waals surface area contributed by atoms with Crippen LogP contribution in [-0.2, 0) is 4.79 Å². The molecule has 0 aliphatic rings. The number of rotatable bonds is 10. The number of carbonyl (C=O) groups is 1. The van der Waals surface area contributed by atoms with Gasteiger partial charge >= 0.3 is 0 Å². The summed E-state index contributed by atoms with van der Waals surface area (Å²) >= 11 is 5.26. The van der Waals surface area contributed by atoms with Crippen molar-refractivity contribution in [2.24, 2.45) is 5.10 Å². The zero-order chi connectivity index (χ0) is 22.2. The largest absolute Gasteiger partial charge is 0.490 e. The van der Waals surface area contributed by atoms with E-state index in [1.807, 2.05) is 26.8 Å². The van der Waals surface area contributed by atoms with Gasteiger partial charge in [-0.2, -0.15) is 9.78 Å². The lowest BCUT2D eigenvalue weighted by Gasteiger charge is -2.19. The van der Waals surface area contributed by atoms with Crippen LogP contribution >= 0.6 is 12.2 Å². The second-order valence-electron chi connectivity index (χ2n) is 6.38. The van der Waals surface area contributed by atoms with Crippen LogP contribution in [0.2, 0.25) is 0 Å². The topological polar surface area (TPSA) is 97.9 Å². The van der Waals surface area contributed by atoms with E-state index >= 15 is 0 Å². The van der Waals surface area contributed by atoms with E-state index in [-0.39, 0.29) is 12.5 Å². The number of H-pyrrole nitrogens is 1. The average Bonchev–Trinajstić information content (AvgIpc) is 3.42. The molecule has 2 aromatic heterocycles. The molecule has 0 bridgehead atoms. The predicted octanol–water partition coefficient (Wildman–Crippen LogP) is 3.73. The van der Waals surface area contributed by atoms with Crippen LogP contribution in [0.5, 0.6) is 11.5 Å². The zero-order valence-electron chi connectivity index (χ0n) is 17.7. The first kappa shape index (κ1) is 22.3. The molecule has 3 rings (SSSR count). The van der Waals surface area contributed by atoms with Crippen molar-refractivity contribution in [3.05, 3.63) is 46.9 Å². The van der Waals surface area contributed by atoms with Gasteiger partial charge in [0.05, 0.1) is 19.1 Å². The monoisotopic (exact) mass is 443 g/mol. The number of hydrogen-bond donors (Lipinski definition) is 1. The van der Waals surface area contributed by atoms with E-state index < -0.39 is 0 Å². The van der Waals surface area contributed by atoms with Gasteiger partial charge in [0, 0.05) is 13.1 Å². The molecule has 10 heteroatoms. The number of hydrogen-bond acceptors (Lipinski definition) is 7. The van der Waals surface area contributed by atoms with Gasteiger partial charge in [0.2, 0.25) is 10.6 Å². The number of nitrogens with zero attached hydrogens (tertiary/aromatic N) is 4. The summed E-state index contributed by atoms with van der Waals surface area (Å²) in [4.78, 5) is 13.9. The summed E-state index contributed by atoms with van der Waals surface area (Å²) in [5.41, 5.74) is 0.763. The minimum absolute atomic E-state index is 0.0497. The van der Waals surface area contributed by atoms with Crippen molar-refractivity contribution in [2.75, 3.05) is 26.3 Å². The molecule has 0 aliphatic heterocycles. The number of amides is 1. The molecule has 0 atom stereocenters. The van der Waals surface area contributed by atoms with Crippen molar-refractivity contribution < 1.29 is 18.7 Å². The molecule has 1 N–H and O–H groups in total. The summed E-state index contributed by atoms with van der Waals surface area (Å²) in [6.45, 7) is 7.44. The highest BCUT2D eigenvalue weighted by Crippen LogP contribution is 2.28. The van der Waals surface area contributed by atoms with E-state index in [2.05, 4.69) is 15.3 Å². The molecule has 1 amide bonds. The lowest BCUT2D eigenvalue weighted by Crippen LogP contribution is -2.34. The molecule has 0 saturated heterocycles. The van der Waals surface area contributed by atoms with E-state index in [9.17, 15) is 4.79 Å². The van der Waals surface area contributed by atoms with Gasteiger partial charge in [-0.15, -0.1) is 5.10 Å². The maximum Gasteiger partial charge on any atom is 0.260 e. The first-order valence-corrected chi connectivity index (χ1v) is 10.4. The van der Waals surface area contributed by atoms with E-state index in [1.54, 1.807) is 41.6 Å². The third-order valence-electron chi connectivity index (χ3n) is 4.45. The molecule has 0 radical (unpaired) electrons. The van der Waals surface area contributed by atoms with Crippen LogP contribution in [-0.4, -0.2) is 58.2 Å². The maximum absolute atomic E-state index is 12.2. The quantitative estimate of drug-likeness (QED) is 0.379. The minimum atomic E-state index is -0.0714. The Hall–Kier alpha value is -3.40. The van der Waals surface area contributed by atoms with Gasteiger partial charge in [0.1, 0.15) is 0 Å². The molecule has 3 aromatic rings. The zero-order valence-corrected chi connectivity index (χ0v) is 18.5. The third-order valence-corrected chi connectivity index (χ3v) is 4.71. The van der Waals surface area contributed by atoms with Crippen molar-refractivity contribution in [2.45, 2.75) is 20.8 Å². The van der Waals surface area contributed by atoms with Crippen molar-refractivity contribution in [3.8, 4) is 23.1 Å². The van der Waals surface area contributed by atoms with Crippen LogP contribution in [0.25, 0.3) is 11.6 Å². The van der Waals surface area contributed by atoms with Crippen LogP contribution in [0.1, 0.15) is 26.3 Å². The van der Waals surface area contributed by atoms with Gasteiger partial charge in [-0.3, -0.25) is 4.79 Å². The van der Waals surface area contributed by atoms with Gasteiger partial charge in [-0.05, 0) is 68.9 Å². The Kier molecular flexibility index (Phi) is 7.60. The molecular formula is C21H25N5O4S. The van der Waals surface area contributed by atoms with Gasteiger partial charge < -0.3 is 18.8 Å². The Bertz CT molecular complexity index is 1080. The minimum Gasteiger partial charge on any atom is -0.490 e. The van der Waals surface area contributed by atoms with E-state index in [0.29, 0.717) is 47.6 Å². The second-order valence-corrected chi connectivity index (χ2v) is 6.77. The summed E-state index contributed by atoms with van der Waals surface area (Å²) in [7, 11) is 0. The first-order chi connectivity index (χ1) is 15.1. The van der Waals surface area contributed by atoms with Crippen LogP contribution in [0.3, 0.4) is 0 Å². The highest BCUT2D eigenvalue weighted by molar-refractivity contribution is 7.71. The van der Waals surface area contributed by atoms with Crippen LogP contribution in [0, 0.1) is 4.77 Å². The number of carbonyl (C=O) groups excluding carboxylic acids is 1. The lowest BCUT2D eigenvalue weighted by atomic mass is 10.2. The summed E-state index contributed by atoms with van der Waals surface area (Å²) in [5, 5.41) is 11.3. The molecule has 164 valence electrons. The fourth-order valence-corrected chi connectivity index (χ4v) is 3.07. The van der Waals surface area contributed by atoms with Crippen LogP contribution in [0.15, 0.2) is 46.1 Å². The van der Waals surface area contributed by atoms with Gasteiger partial charge in [0.15, 0.2) is 23.9 Å². The number of benzene rings is 1. The van der Waals surface area contributed by atoms with E-state index in [4.69, 9.17) is 26.1 Å². The van der Waals surface area contributed by atoms with E-state index in [1.165, 1.54) is 4.68 Å². The summed E-state index contributed by atoms with van der Waals surface area (Å²) in [5.74, 6) is 1.96. The van der Waals surface area contributed by atoms with Gasteiger partial charge in [0.25, 0.3) is 5.91 Å². The van der Waals surface area contributed by atoms with Crippen LogP contribution < -0.4 is 9.47 Å². The summed E-state index contributed by atoms with van der Waals surface area (Å²) < 4.78 is 18.6. The molecule has 31 heavy (non-hydrogen) atoms. The Labute approximate surface area is 185 Å². The smallest absolute Gasteiger partial charge is 0.260 e. The Morgan fingerprint density at radius 3 is 2.74 bits per heavy atom. The summed E-state index contributed by atoms with van der Waals surface area (Å²) in [6.07, 6.45) is 3.18. The fraction of sp³-hybridized carbons (Fsp3) is 0.333. The fourth-order valence-electron chi connectivity index (χ4n) is 2.89. The lowest BCUT2D eigenvalue weighted by molar-refractivity contribution is -0.132. The molecule has 0 unspecified atom stereocenters. The standard InChI is InChI=1S/C21H25N5O4S/c1-4-25(5-2)19(27)14-30-16-10-9-15(12-18(16)28-6-3)13-22-26-20(23-24-21(26)31)17-8-7-11-29-17/h7-13H,4-6,14H2,1-3H3,(H,24,31)/b22-13-. The third kappa shape index (κ3) is 5.40. The number of aromatic nitrogens is 3. The predicted molar refractivity (Wildman–Crippen MR) is 119 cm³/mol. The van der Waals surface area contributed by atoms with Crippen molar-refractivity contribution in [1.82, 2.24) is 19.8 Å². The maximum atomic E-state index is 12.2. The van der Waals surface area contributed by atoms with Crippen molar-refractivity contribution in [1.29, 1.82) is 0 Å². The SMILES string of the molecule is CCOc1cc(/C=N\n2c(-c3ccco3)n[nH]c2=S)ccc1OCC(=O)N(CC)CC. The summed E-state index contributed by atoms with van der Waals surface area (Å²) in [6, 6.07) is 8.90. The van der Waals surface area contributed by atoms with E-state index in [0.717, 1.165) is 5.56 Å². The van der Waals surface area contributed by atoms with Gasteiger partial charge in [-0.25, -0.2) is 5.10 Å². The number of likely N-dealkylation sites (N-methyl/N-ethyl adjacent to an activating group) is 1. The van der Waals surface area contributed by atoms with Crippen molar-refractivity contribution in [3.63, 3.8) is 0 Å². The molecule has 2 heterocycles. The van der Waals surface area contributed by atoms with Crippen LogP contribution in [0.4, 0.5) is 0 Å². The molecule has 0 fully saturated rings. The molecular weight excluding hydrogens is 418 g/mol. The Morgan fingerprint density at radius 2 is 2.06 bits per heavy atom. The van der Waals surface area contributed by atoms with Gasteiger partial charge in [-0.1, -0.05) is 0 Å². The number of furan rings is 1. The number of nitrogens with one attached hydrogen (secondary N) is 1. The number of ether oxygens (including phenoxy) is 2. The highest BCUT2D eigenvalue weighted by atomic mass is 32.1. The first-order valence-electron chi connectivity index (χ1n) is 10.00. The molecule has 9 nitrogen and oxygen atoms in total. The number of aromatic amines is 1. The van der Waals surface area contributed by atoms with Crippen molar-refractivity contribution >= 4 is 24.3 Å². The molecule has 0 spiro atoms. The Balaban J connectivity index is 1.79. The molecule has 0 saturated carbocycles. The average molecular weight is 444 g/mol. The Morgan fingerprint density at radius 1 is 1.26 bits per heavy atom. The normalized spacial score (nSPS) is 11.1.